The molecule has 0 saturated heterocycles. The minimum Gasteiger partial charge on any atom is -0.497 e. The predicted octanol–water partition coefficient (Wildman–Crippen LogP) is 3.33. The predicted molar refractivity (Wildman–Crippen MR) is 94.6 cm³/mol. The third-order valence-electron chi connectivity index (χ3n) is 3.39. The van der Waals surface area contributed by atoms with E-state index in [-0.39, 0.29) is 11.8 Å². The van der Waals surface area contributed by atoms with Crippen LogP contribution in [0.1, 0.15) is 34.6 Å². The number of hydrogen-bond donors (Lipinski definition) is 2. The van der Waals surface area contributed by atoms with Gasteiger partial charge in [0.25, 0.3) is 11.8 Å². The maximum atomic E-state index is 12.4. The third-order valence-corrected chi connectivity index (χ3v) is 3.39. The van der Waals surface area contributed by atoms with Gasteiger partial charge in [-0.25, -0.2) is 0 Å². The molecule has 0 radical (unpaired) electrons. The first-order valence-electron chi connectivity index (χ1n) is 7.83. The van der Waals surface area contributed by atoms with Crippen molar-refractivity contribution < 1.29 is 14.3 Å². The lowest BCUT2D eigenvalue weighted by molar-refractivity contribution is 0.0949. The molecule has 0 aliphatic heterocycles. The summed E-state index contributed by atoms with van der Waals surface area (Å²) in [5, 5.41) is 5.64. The van der Waals surface area contributed by atoms with Gasteiger partial charge in [-0.1, -0.05) is 26.0 Å². The highest BCUT2D eigenvalue weighted by Crippen LogP contribution is 2.17. The van der Waals surface area contributed by atoms with E-state index in [1.807, 2.05) is 13.8 Å². The molecule has 2 N–H and O–H groups in total. The van der Waals surface area contributed by atoms with Gasteiger partial charge in [-0.3, -0.25) is 9.59 Å². The van der Waals surface area contributed by atoms with Crippen LogP contribution in [0.15, 0.2) is 48.5 Å². The number of carbonyl (C=O) groups excluding carboxylic acids is 2. The van der Waals surface area contributed by atoms with Crippen LogP contribution in [0, 0.1) is 5.92 Å². The van der Waals surface area contributed by atoms with Crippen molar-refractivity contribution in [1.29, 1.82) is 0 Å². The van der Waals surface area contributed by atoms with E-state index in [9.17, 15) is 9.59 Å². The topological polar surface area (TPSA) is 67.4 Å². The van der Waals surface area contributed by atoms with Gasteiger partial charge in [-0.15, -0.1) is 0 Å². The first kappa shape index (κ1) is 17.5. The fourth-order valence-electron chi connectivity index (χ4n) is 2.10. The Labute approximate surface area is 142 Å². The second-order valence-electron chi connectivity index (χ2n) is 5.87. The molecular formula is C19H22N2O3. The van der Waals surface area contributed by atoms with Crippen LogP contribution in [0.4, 0.5) is 5.69 Å². The Kier molecular flexibility index (Phi) is 5.95. The normalized spacial score (nSPS) is 10.3. The average molecular weight is 326 g/mol. The molecule has 2 aromatic rings. The maximum Gasteiger partial charge on any atom is 0.255 e. The molecule has 5 nitrogen and oxygen atoms in total. The number of carbonyl (C=O) groups is 2. The first-order chi connectivity index (χ1) is 11.5. The van der Waals surface area contributed by atoms with Crippen molar-refractivity contribution in [3.8, 4) is 5.75 Å². The van der Waals surface area contributed by atoms with Crippen LogP contribution in [0.5, 0.6) is 5.75 Å². The Hall–Kier alpha value is -2.82. The van der Waals surface area contributed by atoms with E-state index in [0.29, 0.717) is 35.0 Å². The van der Waals surface area contributed by atoms with Crippen molar-refractivity contribution in [1.82, 2.24) is 5.32 Å². The number of benzene rings is 2. The molecule has 0 unspecified atom stereocenters. The van der Waals surface area contributed by atoms with Gasteiger partial charge >= 0.3 is 0 Å². The molecule has 0 fully saturated rings. The number of ether oxygens (including phenoxy) is 1. The van der Waals surface area contributed by atoms with Gasteiger partial charge in [0, 0.05) is 29.4 Å². The van der Waals surface area contributed by atoms with Gasteiger partial charge in [0.05, 0.1) is 7.11 Å². The van der Waals surface area contributed by atoms with Crippen LogP contribution in [-0.2, 0) is 0 Å². The largest absolute Gasteiger partial charge is 0.497 e. The van der Waals surface area contributed by atoms with E-state index in [2.05, 4.69) is 10.6 Å². The Morgan fingerprint density at radius 1 is 1.00 bits per heavy atom. The standard InChI is InChI=1S/C19H22N2O3/c1-13(2)12-20-18(22)14-6-4-7-15(10-14)19(23)21-16-8-5-9-17(11-16)24-3/h4-11,13H,12H2,1-3H3,(H,20,22)(H,21,23). The summed E-state index contributed by atoms with van der Waals surface area (Å²) in [6.45, 7) is 4.65. The van der Waals surface area contributed by atoms with E-state index in [1.165, 1.54) is 0 Å². The average Bonchev–Trinajstić information content (AvgIpc) is 2.59. The molecule has 0 aliphatic rings. The smallest absolute Gasteiger partial charge is 0.255 e. The molecule has 2 rings (SSSR count). The van der Waals surface area contributed by atoms with Crippen molar-refractivity contribution in [3.63, 3.8) is 0 Å². The Bertz CT molecular complexity index is 726. The molecule has 24 heavy (non-hydrogen) atoms. The summed E-state index contributed by atoms with van der Waals surface area (Å²) in [5.41, 5.74) is 1.53. The van der Waals surface area contributed by atoms with Crippen molar-refractivity contribution in [2.24, 2.45) is 5.92 Å². The van der Waals surface area contributed by atoms with E-state index in [4.69, 9.17) is 4.74 Å². The zero-order valence-corrected chi connectivity index (χ0v) is 14.1. The quantitative estimate of drug-likeness (QED) is 0.855. The van der Waals surface area contributed by atoms with Crippen molar-refractivity contribution in [2.45, 2.75) is 13.8 Å². The number of rotatable bonds is 6. The lowest BCUT2D eigenvalue weighted by Crippen LogP contribution is -2.27. The lowest BCUT2D eigenvalue weighted by atomic mass is 10.1. The third kappa shape index (κ3) is 4.84. The fraction of sp³-hybridized carbons (Fsp3) is 0.263. The minimum absolute atomic E-state index is 0.181. The van der Waals surface area contributed by atoms with Crippen LogP contribution < -0.4 is 15.4 Å². The minimum atomic E-state index is -0.276. The molecule has 0 aliphatic carbocycles. The summed E-state index contributed by atoms with van der Waals surface area (Å²) in [6.07, 6.45) is 0. The van der Waals surface area contributed by atoms with E-state index in [0.717, 1.165) is 0 Å². The van der Waals surface area contributed by atoms with Gasteiger partial charge in [0.15, 0.2) is 0 Å². The van der Waals surface area contributed by atoms with Crippen LogP contribution in [0.3, 0.4) is 0 Å². The maximum absolute atomic E-state index is 12.4. The Morgan fingerprint density at radius 2 is 1.67 bits per heavy atom. The van der Waals surface area contributed by atoms with Crippen molar-refractivity contribution in [2.75, 3.05) is 19.0 Å². The van der Waals surface area contributed by atoms with E-state index < -0.39 is 0 Å². The Balaban J connectivity index is 2.09. The number of methoxy groups -OCH3 is 1. The SMILES string of the molecule is COc1cccc(NC(=O)c2cccc(C(=O)NCC(C)C)c2)c1. The van der Waals surface area contributed by atoms with E-state index >= 15 is 0 Å². The van der Waals surface area contributed by atoms with Gasteiger partial charge in [0.1, 0.15) is 5.75 Å². The van der Waals surface area contributed by atoms with Gasteiger partial charge < -0.3 is 15.4 Å². The summed E-state index contributed by atoms with van der Waals surface area (Å²) in [5.74, 6) is 0.574. The number of nitrogens with one attached hydrogen (secondary N) is 2. The summed E-state index contributed by atoms with van der Waals surface area (Å²) < 4.78 is 5.13. The number of amides is 2. The van der Waals surface area contributed by atoms with E-state index in [1.54, 1.807) is 55.6 Å². The van der Waals surface area contributed by atoms with Crippen LogP contribution >= 0.6 is 0 Å². The van der Waals surface area contributed by atoms with Gasteiger partial charge in [-0.05, 0) is 36.2 Å². The summed E-state index contributed by atoms with van der Waals surface area (Å²) in [6, 6.07) is 13.8. The second-order valence-corrected chi connectivity index (χ2v) is 5.87. The number of anilines is 1. The van der Waals surface area contributed by atoms with Crippen LogP contribution in [-0.4, -0.2) is 25.5 Å². The molecule has 0 bridgehead atoms. The van der Waals surface area contributed by atoms with Crippen molar-refractivity contribution in [3.05, 3.63) is 59.7 Å². The van der Waals surface area contributed by atoms with Gasteiger partial charge in [0.2, 0.25) is 0 Å². The Morgan fingerprint density at radius 3 is 2.33 bits per heavy atom. The zero-order valence-electron chi connectivity index (χ0n) is 14.1. The van der Waals surface area contributed by atoms with Gasteiger partial charge in [-0.2, -0.15) is 0 Å². The highest BCUT2D eigenvalue weighted by atomic mass is 16.5. The van der Waals surface area contributed by atoms with Crippen molar-refractivity contribution >= 4 is 17.5 Å². The van der Waals surface area contributed by atoms with Crippen LogP contribution in [0.25, 0.3) is 0 Å². The monoisotopic (exact) mass is 326 g/mol. The highest BCUT2D eigenvalue weighted by Gasteiger charge is 2.11. The lowest BCUT2D eigenvalue weighted by Gasteiger charge is -2.10. The molecular weight excluding hydrogens is 304 g/mol. The molecule has 0 spiro atoms. The number of hydrogen-bond acceptors (Lipinski definition) is 3. The molecule has 0 aromatic heterocycles. The molecule has 0 heterocycles. The molecule has 5 heteroatoms. The molecule has 2 amide bonds. The zero-order chi connectivity index (χ0) is 17.5. The molecule has 126 valence electrons. The molecule has 2 aromatic carbocycles. The summed E-state index contributed by atoms with van der Waals surface area (Å²) in [7, 11) is 1.57. The first-order valence-corrected chi connectivity index (χ1v) is 7.83. The second kappa shape index (κ2) is 8.15. The summed E-state index contributed by atoms with van der Waals surface area (Å²) in [4.78, 5) is 24.5. The summed E-state index contributed by atoms with van der Waals surface area (Å²) >= 11 is 0. The van der Waals surface area contributed by atoms with Crippen LogP contribution in [0.2, 0.25) is 0 Å². The molecule has 0 saturated carbocycles. The highest BCUT2D eigenvalue weighted by molar-refractivity contribution is 6.06. The molecule has 0 atom stereocenters. The fourth-order valence-corrected chi connectivity index (χ4v) is 2.10.